The SMILES string of the molecule is NCC(=O)NCC(=O)O.c1c[nH]cn1. The van der Waals surface area contributed by atoms with E-state index in [-0.39, 0.29) is 13.1 Å². The van der Waals surface area contributed by atoms with Crippen LogP contribution < -0.4 is 11.1 Å². The Kier molecular flexibility index (Phi) is 6.70. The Bertz CT molecular complexity index is 243. The molecule has 1 aromatic rings. The number of hydrogen-bond acceptors (Lipinski definition) is 4. The fourth-order valence-corrected chi connectivity index (χ4v) is 0.462. The predicted octanol–water partition coefficient (Wildman–Crippen LogP) is -1.44. The van der Waals surface area contributed by atoms with E-state index in [1.54, 1.807) is 18.7 Å². The maximum absolute atomic E-state index is 10.2. The Labute approximate surface area is 80.3 Å². The third-order valence-electron chi connectivity index (χ3n) is 1.03. The number of imidazole rings is 1. The van der Waals surface area contributed by atoms with Crippen LogP contribution in [-0.2, 0) is 9.59 Å². The van der Waals surface area contributed by atoms with Crippen molar-refractivity contribution in [2.45, 2.75) is 0 Å². The molecule has 7 nitrogen and oxygen atoms in total. The number of aliphatic carboxylic acids is 1. The highest BCUT2D eigenvalue weighted by Crippen LogP contribution is 1.62. The van der Waals surface area contributed by atoms with Gasteiger partial charge in [-0.2, -0.15) is 0 Å². The van der Waals surface area contributed by atoms with E-state index in [0.717, 1.165) is 0 Å². The number of rotatable bonds is 3. The summed E-state index contributed by atoms with van der Waals surface area (Å²) >= 11 is 0. The van der Waals surface area contributed by atoms with Crippen molar-refractivity contribution in [3.8, 4) is 0 Å². The standard InChI is InChI=1S/C4H8N2O3.C3H4N2/c5-1-3(7)6-2-4(8)9;1-2-5-3-4-1/h1-2,5H2,(H,6,7)(H,8,9);1-3H,(H,4,5). The number of aromatic amines is 1. The van der Waals surface area contributed by atoms with E-state index >= 15 is 0 Å². The van der Waals surface area contributed by atoms with Gasteiger partial charge in [0.1, 0.15) is 6.54 Å². The van der Waals surface area contributed by atoms with Crippen LogP contribution >= 0.6 is 0 Å². The molecule has 0 unspecified atom stereocenters. The molecule has 0 saturated carbocycles. The summed E-state index contributed by atoms with van der Waals surface area (Å²) in [5.41, 5.74) is 4.85. The van der Waals surface area contributed by atoms with E-state index in [1.165, 1.54) is 0 Å². The summed E-state index contributed by atoms with van der Waals surface area (Å²) in [6.07, 6.45) is 5.08. The van der Waals surface area contributed by atoms with Crippen LogP contribution in [0, 0.1) is 0 Å². The van der Waals surface area contributed by atoms with Crippen LogP contribution in [0.15, 0.2) is 18.7 Å². The van der Waals surface area contributed by atoms with Gasteiger partial charge in [0.25, 0.3) is 0 Å². The van der Waals surface area contributed by atoms with E-state index in [1.807, 2.05) is 0 Å². The summed E-state index contributed by atoms with van der Waals surface area (Å²) in [4.78, 5) is 26.4. The molecule has 0 saturated heterocycles. The first-order valence-electron chi connectivity index (χ1n) is 3.78. The molecule has 0 atom stereocenters. The number of nitrogens with one attached hydrogen (secondary N) is 2. The van der Waals surface area contributed by atoms with E-state index in [4.69, 9.17) is 10.8 Å². The highest BCUT2D eigenvalue weighted by atomic mass is 16.4. The van der Waals surface area contributed by atoms with Crippen molar-refractivity contribution >= 4 is 11.9 Å². The summed E-state index contributed by atoms with van der Waals surface area (Å²) in [5, 5.41) is 10.1. The Morgan fingerprint density at radius 3 is 2.57 bits per heavy atom. The number of carboxylic acid groups (broad SMARTS) is 1. The maximum atomic E-state index is 10.2. The molecule has 0 bridgehead atoms. The molecule has 78 valence electrons. The number of carbonyl (C=O) groups is 2. The molecule has 5 N–H and O–H groups in total. The zero-order valence-corrected chi connectivity index (χ0v) is 7.43. The van der Waals surface area contributed by atoms with Crippen molar-refractivity contribution in [2.24, 2.45) is 5.73 Å². The molecule has 0 aliphatic heterocycles. The minimum Gasteiger partial charge on any atom is -0.480 e. The molecule has 14 heavy (non-hydrogen) atoms. The predicted molar refractivity (Wildman–Crippen MR) is 48.3 cm³/mol. The van der Waals surface area contributed by atoms with Crippen LogP contribution in [0.25, 0.3) is 0 Å². The topological polar surface area (TPSA) is 121 Å². The number of amides is 1. The second-order valence-electron chi connectivity index (χ2n) is 2.14. The first-order valence-corrected chi connectivity index (χ1v) is 3.78. The number of hydrogen-bond donors (Lipinski definition) is 4. The second-order valence-corrected chi connectivity index (χ2v) is 2.14. The van der Waals surface area contributed by atoms with Crippen molar-refractivity contribution in [1.82, 2.24) is 15.3 Å². The van der Waals surface area contributed by atoms with Crippen molar-refractivity contribution in [3.63, 3.8) is 0 Å². The minimum atomic E-state index is -1.07. The van der Waals surface area contributed by atoms with Crippen LogP contribution in [0.4, 0.5) is 0 Å². The van der Waals surface area contributed by atoms with Crippen molar-refractivity contribution < 1.29 is 14.7 Å². The Hall–Kier alpha value is -1.89. The molecule has 0 aromatic carbocycles. The summed E-state index contributed by atoms with van der Waals surface area (Å²) in [6.45, 7) is -0.538. The highest BCUT2D eigenvalue weighted by molar-refractivity contribution is 5.82. The number of carboxylic acids is 1. The first kappa shape index (κ1) is 12.1. The largest absolute Gasteiger partial charge is 0.480 e. The molecule has 1 heterocycles. The first-order chi connectivity index (χ1) is 6.66. The van der Waals surface area contributed by atoms with Crippen LogP contribution in [0.1, 0.15) is 0 Å². The lowest BCUT2D eigenvalue weighted by Gasteiger charge is -1.95. The zero-order valence-electron chi connectivity index (χ0n) is 7.43. The van der Waals surface area contributed by atoms with Gasteiger partial charge in [-0.1, -0.05) is 0 Å². The number of H-pyrrole nitrogens is 1. The lowest BCUT2D eigenvalue weighted by atomic mass is 10.5. The van der Waals surface area contributed by atoms with Gasteiger partial charge in [0.05, 0.1) is 12.9 Å². The third-order valence-corrected chi connectivity index (χ3v) is 1.03. The van der Waals surface area contributed by atoms with Gasteiger partial charge < -0.3 is 21.1 Å². The molecule has 0 aliphatic carbocycles. The highest BCUT2D eigenvalue weighted by Gasteiger charge is 1.98. The van der Waals surface area contributed by atoms with Gasteiger partial charge in [0.2, 0.25) is 5.91 Å². The Morgan fingerprint density at radius 2 is 2.29 bits per heavy atom. The quantitative estimate of drug-likeness (QED) is 0.476. The summed E-state index contributed by atoms with van der Waals surface area (Å²) < 4.78 is 0. The van der Waals surface area contributed by atoms with Gasteiger partial charge in [0.15, 0.2) is 0 Å². The summed E-state index contributed by atoms with van der Waals surface area (Å²) in [5.74, 6) is -1.53. The van der Waals surface area contributed by atoms with Crippen LogP contribution in [0.2, 0.25) is 0 Å². The lowest BCUT2D eigenvalue weighted by molar-refractivity contribution is -0.137. The Morgan fingerprint density at radius 1 is 1.57 bits per heavy atom. The van der Waals surface area contributed by atoms with Crippen LogP contribution in [0.3, 0.4) is 0 Å². The average Bonchev–Trinajstić information content (AvgIpc) is 2.71. The fraction of sp³-hybridized carbons (Fsp3) is 0.286. The molecule has 0 fully saturated rings. The van der Waals surface area contributed by atoms with Gasteiger partial charge in [-0.25, -0.2) is 4.98 Å². The van der Waals surface area contributed by atoms with E-state index in [0.29, 0.717) is 0 Å². The number of nitrogens with zero attached hydrogens (tertiary/aromatic N) is 1. The molecule has 0 spiro atoms. The molecule has 0 radical (unpaired) electrons. The van der Waals surface area contributed by atoms with E-state index in [2.05, 4.69) is 15.3 Å². The molecular formula is C7H12N4O3. The average molecular weight is 200 g/mol. The number of aromatic nitrogens is 2. The summed E-state index contributed by atoms with van der Waals surface area (Å²) in [6, 6.07) is 0. The van der Waals surface area contributed by atoms with Gasteiger partial charge in [-0.15, -0.1) is 0 Å². The van der Waals surface area contributed by atoms with Crippen molar-refractivity contribution in [3.05, 3.63) is 18.7 Å². The molecular weight excluding hydrogens is 188 g/mol. The van der Waals surface area contributed by atoms with Crippen LogP contribution in [0.5, 0.6) is 0 Å². The lowest BCUT2D eigenvalue weighted by Crippen LogP contribution is -2.34. The van der Waals surface area contributed by atoms with Gasteiger partial charge in [0, 0.05) is 12.4 Å². The molecule has 0 aliphatic rings. The molecule has 7 heteroatoms. The normalized spacial score (nSPS) is 8.36. The molecule has 1 amide bonds. The van der Waals surface area contributed by atoms with E-state index in [9.17, 15) is 9.59 Å². The molecule has 1 rings (SSSR count). The molecule has 1 aromatic heterocycles. The monoisotopic (exact) mass is 200 g/mol. The fourth-order valence-electron chi connectivity index (χ4n) is 0.462. The maximum Gasteiger partial charge on any atom is 0.322 e. The van der Waals surface area contributed by atoms with Crippen molar-refractivity contribution in [2.75, 3.05) is 13.1 Å². The smallest absolute Gasteiger partial charge is 0.322 e. The number of carbonyl (C=O) groups excluding carboxylic acids is 1. The Balaban J connectivity index is 0.000000280. The van der Waals surface area contributed by atoms with Gasteiger partial charge >= 0.3 is 5.97 Å². The minimum absolute atomic E-state index is 0.173. The van der Waals surface area contributed by atoms with Gasteiger partial charge in [-0.05, 0) is 0 Å². The van der Waals surface area contributed by atoms with E-state index < -0.39 is 11.9 Å². The van der Waals surface area contributed by atoms with Gasteiger partial charge in [-0.3, -0.25) is 9.59 Å². The summed E-state index contributed by atoms with van der Waals surface area (Å²) in [7, 11) is 0. The zero-order chi connectivity index (χ0) is 10.8. The second kappa shape index (κ2) is 7.74. The third kappa shape index (κ3) is 8.21. The van der Waals surface area contributed by atoms with Crippen LogP contribution in [-0.4, -0.2) is 40.0 Å². The van der Waals surface area contributed by atoms with Crippen molar-refractivity contribution in [1.29, 1.82) is 0 Å². The number of nitrogens with two attached hydrogens (primary N) is 1.